The van der Waals surface area contributed by atoms with E-state index in [2.05, 4.69) is 20.3 Å². The minimum Gasteiger partial charge on any atom is -0.383 e. The highest BCUT2D eigenvalue weighted by Gasteiger charge is 2.37. The van der Waals surface area contributed by atoms with Gasteiger partial charge in [0.15, 0.2) is 0 Å². The summed E-state index contributed by atoms with van der Waals surface area (Å²) in [5, 5.41) is 14.3. The summed E-state index contributed by atoms with van der Waals surface area (Å²) in [6.45, 7) is 1.86. The van der Waals surface area contributed by atoms with Crippen LogP contribution in [0, 0.1) is 6.92 Å². The second-order valence-electron chi connectivity index (χ2n) is 7.58. The SMILES string of the molecule is Cc1cc(Nc2nccc(C(F)(F)F)n2)cc(-c2cnc(C3(O)CCC(=O)CC3)s2)c1. The van der Waals surface area contributed by atoms with Crippen molar-refractivity contribution in [2.45, 2.75) is 44.4 Å². The average molecular weight is 448 g/mol. The van der Waals surface area contributed by atoms with E-state index in [0.717, 1.165) is 28.3 Å². The molecule has 1 aliphatic rings. The van der Waals surface area contributed by atoms with Gasteiger partial charge in [-0.3, -0.25) is 4.79 Å². The summed E-state index contributed by atoms with van der Waals surface area (Å²) in [5.41, 5.74) is 0.0844. The minimum absolute atomic E-state index is 0.146. The predicted molar refractivity (Wildman–Crippen MR) is 110 cm³/mol. The molecule has 0 saturated heterocycles. The number of aryl methyl sites for hydroxylation is 1. The quantitative estimate of drug-likeness (QED) is 0.584. The summed E-state index contributed by atoms with van der Waals surface area (Å²) in [7, 11) is 0. The Labute approximate surface area is 180 Å². The zero-order valence-corrected chi connectivity index (χ0v) is 17.3. The number of hydrogen-bond acceptors (Lipinski definition) is 7. The van der Waals surface area contributed by atoms with Crippen LogP contribution in [-0.4, -0.2) is 25.8 Å². The molecule has 4 rings (SSSR count). The molecule has 0 amide bonds. The largest absolute Gasteiger partial charge is 0.433 e. The number of carbonyl (C=O) groups is 1. The van der Waals surface area contributed by atoms with Crippen LogP contribution in [0.15, 0.2) is 36.7 Å². The highest BCUT2D eigenvalue weighted by atomic mass is 32.1. The highest BCUT2D eigenvalue weighted by Crippen LogP contribution is 2.40. The van der Waals surface area contributed by atoms with E-state index in [1.54, 1.807) is 18.3 Å². The molecule has 162 valence electrons. The third kappa shape index (κ3) is 4.75. The Balaban J connectivity index is 1.59. The molecule has 0 bridgehead atoms. The van der Waals surface area contributed by atoms with E-state index in [1.807, 2.05) is 13.0 Å². The molecule has 0 radical (unpaired) electrons. The topological polar surface area (TPSA) is 88.0 Å². The first kappa shape index (κ1) is 21.4. The molecule has 2 heterocycles. The molecule has 0 unspecified atom stereocenters. The first-order valence-corrected chi connectivity index (χ1v) is 10.4. The second-order valence-corrected chi connectivity index (χ2v) is 8.61. The Bertz CT molecular complexity index is 1120. The zero-order valence-electron chi connectivity index (χ0n) is 16.5. The molecule has 0 aliphatic heterocycles. The molecule has 31 heavy (non-hydrogen) atoms. The van der Waals surface area contributed by atoms with Gasteiger partial charge >= 0.3 is 6.18 Å². The lowest BCUT2D eigenvalue weighted by molar-refractivity contribution is -0.141. The number of alkyl halides is 3. The van der Waals surface area contributed by atoms with Crippen LogP contribution in [0.5, 0.6) is 0 Å². The number of nitrogens with one attached hydrogen (secondary N) is 1. The number of thiazole rings is 1. The number of Topliss-reactive ketones (excluding diaryl/α,β-unsaturated/α-hetero) is 1. The summed E-state index contributed by atoms with van der Waals surface area (Å²) >= 11 is 1.34. The number of rotatable bonds is 4. The van der Waals surface area contributed by atoms with Crippen LogP contribution in [-0.2, 0) is 16.6 Å². The van der Waals surface area contributed by atoms with Gasteiger partial charge in [0, 0.05) is 30.9 Å². The Kier molecular flexibility index (Phi) is 5.52. The van der Waals surface area contributed by atoms with Crippen LogP contribution in [0.3, 0.4) is 0 Å². The first-order valence-electron chi connectivity index (χ1n) is 9.62. The normalized spacial score (nSPS) is 16.4. The van der Waals surface area contributed by atoms with E-state index < -0.39 is 17.5 Å². The van der Waals surface area contributed by atoms with Crippen molar-refractivity contribution in [2.75, 3.05) is 5.32 Å². The van der Waals surface area contributed by atoms with E-state index >= 15 is 0 Å². The number of halogens is 3. The van der Waals surface area contributed by atoms with Crippen LogP contribution in [0.25, 0.3) is 10.4 Å². The molecule has 1 fully saturated rings. The smallest absolute Gasteiger partial charge is 0.383 e. The molecular weight excluding hydrogens is 429 g/mol. The van der Waals surface area contributed by atoms with Crippen LogP contribution in [0.2, 0.25) is 0 Å². The van der Waals surface area contributed by atoms with Crippen molar-refractivity contribution in [3.63, 3.8) is 0 Å². The maximum Gasteiger partial charge on any atom is 0.433 e. The van der Waals surface area contributed by atoms with Crippen molar-refractivity contribution in [2.24, 2.45) is 0 Å². The lowest BCUT2D eigenvalue weighted by Crippen LogP contribution is -2.31. The van der Waals surface area contributed by atoms with Gasteiger partial charge in [0.05, 0.1) is 4.88 Å². The van der Waals surface area contributed by atoms with Crippen molar-refractivity contribution in [1.82, 2.24) is 15.0 Å². The molecule has 10 heteroatoms. The molecule has 1 aromatic carbocycles. The molecule has 1 aliphatic carbocycles. The van der Waals surface area contributed by atoms with Gasteiger partial charge in [0.25, 0.3) is 0 Å². The predicted octanol–water partition coefficient (Wildman–Crippen LogP) is 5.00. The third-order valence-electron chi connectivity index (χ3n) is 5.10. The van der Waals surface area contributed by atoms with Crippen molar-refractivity contribution >= 4 is 28.8 Å². The van der Waals surface area contributed by atoms with E-state index in [0.29, 0.717) is 36.4 Å². The number of hydrogen-bond donors (Lipinski definition) is 2. The maximum atomic E-state index is 12.9. The van der Waals surface area contributed by atoms with Crippen LogP contribution >= 0.6 is 11.3 Å². The zero-order chi connectivity index (χ0) is 22.2. The van der Waals surface area contributed by atoms with Crippen LogP contribution in [0.4, 0.5) is 24.8 Å². The van der Waals surface area contributed by atoms with Gasteiger partial charge < -0.3 is 10.4 Å². The summed E-state index contributed by atoms with van der Waals surface area (Å²) < 4.78 is 38.7. The van der Waals surface area contributed by atoms with E-state index in [4.69, 9.17) is 0 Å². The standard InChI is InChI=1S/C21H19F3N4O2S/c1-12-8-13(16-11-26-18(31-16)20(30)5-2-15(29)3-6-20)10-14(9-12)27-19-25-7-4-17(28-19)21(22,23)24/h4,7-11,30H,2-3,5-6H2,1H3,(H,25,27,28). The van der Waals surface area contributed by atoms with E-state index in [-0.39, 0.29) is 11.7 Å². The average Bonchev–Trinajstić information content (AvgIpc) is 3.21. The lowest BCUT2D eigenvalue weighted by Gasteiger charge is -2.29. The van der Waals surface area contributed by atoms with Gasteiger partial charge in [-0.2, -0.15) is 13.2 Å². The molecule has 6 nitrogen and oxygen atoms in total. The number of carbonyl (C=O) groups excluding carboxylic acids is 1. The number of aromatic nitrogens is 3. The van der Waals surface area contributed by atoms with Crippen molar-refractivity contribution in [3.05, 3.63) is 52.9 Å². The van der Waals surface area contributed by atoms with Crippen molar-refractivity contribution < 1.29 is 23.1 Å². The van der Waals surface area contributed by atoms with Gasteiger partial charge in [-0.15, -0.1) is 11.3 Å². The fourth-order valence-electron chi connectivity index (χ4n) is 3.48. The van der Waals surface area contributed by atoms with Gasteiger partial charge in [0.2, 0.25) is 5.95 Å². The summed E-state index contributed by atoms with van der Waals surface area (Å²) in [6, 6.07) is 6.27. The van der Waals surface area contributed by atoms with Crippen molar-refractivity contribution in [3.8, 4) is 10.4 Å². The third-order valence-corrected chi connectivity index (χ3v) is 6.34. The first-order chi connectivity index (χ1) is 14.6. The summed E-state index contributed by atoms with van der Waals surface area (Å²) in [4.78, 5) is 24.1. The van der Waals surface area contributed by atoms with Gasteiger partial charge in [-0.25, -0.2) is 15.0 Å². The molecule has 2 N–H and O–H groups in total. The van der Waals surface area contributed by atoms with Gasteiger partial charge in [-0.05, 0) is 49.1 Å². The summed E-state index contributed by atoms with van der Waals surface area (Å²) in [5.74, 6) is -0.00906. The highest BCUT2D eigenvalue weighted by molar-refractivity contribution is 7.15. The molecule has 3 aromatic rings. The van der Waals surface area contributed by atoms with Crippen molar-refractivity contribution in [1.29, 1.82) is 0 Å². The van der Waals surface area contributed by atoms with Gasteiger partial charge in [0.1, 0.15) is 22.1 Å². The molecule has 2 aromatic heterocycles. The minimum atomic E-state index is -4.56. The fraction of sp³-hybridized carbons (Fsp3) is 0.333. The number of benzene rings is 1. The Hall–Kier alpha value is -2.85. The molecule has 0 atom stereocenters. The van der Waals surface area contributed by atoms with E-state index in [9.17, 15) is 23.1 Å². The number of anilines is 2. The number of aliphatic hydroxyl groups is 1. The lowest BCUT2D eigenvalue weighted by atomic mass is 9.85. The molecule has 0 spiro atoms. The fourth-order valence-corrected chi connectivity index (χ4v) is 4.53. The number of nitrogens with zero attached hydrogens (tertiary/aromatic N) is 3. The number of ketones is 1. The Morgan fingerprint density at radius 2 is 1.90 bits per heavy atom. The molecular formula is C21H19F3N4O2S. The molecule has 1 saturated carbocycles. The van der Waals surface area contributed by atoms with Crippen LogP contribution < -0.4 is 5.32 Å². The Morgan fingerprint density at radius 1 is 1.16 bits per heavy atom. The van der Waals surface area contributed by atoms with E-state index in [1.165, 1.54) is 11.3 Å². The maximum absolute atomic E-state index is 12.9. The second kappa shape index (κ2) is 8.01. The van der Waals surface area contributed by atoms with Crippen LogP contribution in [0.1, 0.15) is 41.9 Å². The Morgan fingerprint density at radius 3 is 2.61 bits per heavy atom. The monoisotopic (exact) mass is 448 g/mol. The van der Waals surface area contributed by atoms with Gasteiger partial charge in [-0.1, -0.05) is 6.07 Å². The summed E-state index contributed by atoms with van der Waals surface area (Å²) in [6.07, 6.45) is -0.464.